The second kappa shape index (κ2) is 10.3. The van der Waals surface area contributed by atoms with Crippen molar-refractivity contribution in [3.63, 3.8) is 0 Å². The molecule has 3 aromatic carbocycles. The first kappa shape index (κ1) is 21.2. The van der Waals surface area contributed by atoms with E-state index < -0.39 is 0 Å². The monoisotopic (exact) mass is 423 g/mol. The third-order valence-electron chi connectivity index (χ3n) is 4.87. The van der Waals surface area contributed by atoms with Crippen molar-refractivity contribution < 1.29 is 4.79 Å². The predicted molar refractivity (Wildman–Crippen MR) is 122 cm³/mol. The standard InChI is InChI=1S/C25H23Cl2NO/c1-18(28-25(29)16-9-19-5-3-2-4-6-19)24(21-10-14-23(27)15-11-21)17-20-7-12-22(26)13-8-20/h2-16,18,24H,17H2,1H3,(H,28,29)/b16-9+. The van der Waals surface area contributed by atoms with Crippen molar-refractivity contribution in [2.24, 2.45) is 0 Å². The van der Waals surface area contributed by atoms with E-state index >= 15 is 0 Å². The minimum atomic E-state index is -0.114. The molecule has 29 heavy (non-hydrogen) atoms. The van der Waals surface area contributed by atoms with Crippen LogP contribution < -0.4 is 5.32 Å². The highest BCUT2D eigenvalue weighted by Crippen LogP contribution is 2.26. The molecule has 3 rings (SSSR count). The van der Waals surface area contributed by atoms with E-state index in [2.05, 4.69) is 5.32 Å². The summed E-state index contributed by atoms with van der Waals surface area (Å²) in [5.74, 6) is -0.0149. The van der Waals surface area contributed by atoms with E-state index in [0.717, 1.165) is 23.1 Å². The topological polar surface area (TPSA) is 29.1 Å². The highest BCUT2D eigenvalue weighted by atomic mass is 35.5. The lowest BCUT2D eigenvalue weighted by Crippen LogP contribution is -2.37. The van der Waals surface area contributed by atoms with Crippen LogP contribution >= 0.6 is 23.2 Å². The fourth-order valence-corrected chi connectivity index (χ4v) is 3.53. The van der Waals surface area contributed by atoms with Gasteiger partial charge in [0.1, 0.15) is 0 Å². The Hall–Kier alpha value is -2.55. The van der Waals surface area contributed by atoms with E-state index in [-0.39, 0.29) is 17.9 Å². The average molecular weight is 424 g/mol. The minimum absolute atomic E-state index is 0.0697. The van der Waals surface area contributed by atoms with Crippen molar-refractivity contribution in [3.8, 4) is 0 Å². The molecule has 0 saturated heterocycles. The largest absolute Gasteiger partial charge is 0.349 e. The van der Waals surface area contributed by atoms with Gasteiger partial charge in [-0.2, -0.15) is 0 Å². The fraction of sp³-hybridized carbons (Fsp3) is 0.160. The minimum Gasteiger partial charge on any atom is -0.349 e. The molecule has 0 radical (unpaired) electrons. The van der Waals surface area contributed by atoms with Gasteiger partial charge in [0.25, 0.3) is 0 Å². The molecule has 0 aromatic heterocycles. The van der Waals surface area contributed by atoms with E-state index in [4.69, 9.17) is 23.2 Å². The van der Waals surface area contributed by atoms with Gasteiger partial charge in [0.15, 0.2) is 0 Å². The van der Waals surface area contributed by atoms with Crippen LogP contribution in [0.2, 0.25) is 10.0 Å². The molecule has 0 spiro atoms. The molecule has 0 heterocycles. The molecule has 1 N–H and O–H groups in total. The Bertz CT molecular complexity index is 950. The van der Waals surface area contributed by atoms with Crippen LogP contribution in [0.5, 0.6) is 0 Å². The summed E-state index contributed by atoms with van der Waals surface area (Å²) < 4.78 is 0. The van der Waals surface area contributed by atoms with E-state index in [9.17, 15) is 4.79 Å². The van der Waals surface area contributed by atoms with Crippen LogP contribution in [0.15, 0.2) is 84.9 Å². The molecule has 0 fully saturated rings. The van der Waals surface area contributed by atoms with Gasteiger partial charge in [0, 0.05) is 28.1 Å². The van der Waals surface area contributed by atoms with Crippen molar-refractivity contribution in [3.05, 3.63) is 112 Å². The van der Waals surface area contributed by atoms with Gasteiger partial charge in [-0.05, 0) is 60.4 Å². The molecule has 0 aliphatic heterocycles. The van der Waals surface area contributed by atoms with Gasteiger partial charge >= 0.3 is 0 Å². The summed E-state index contributed by atoms with van der Waals surface area (Å²) in [4.78, 5) is 12.5. The lowest BCUT2D eigenvalue weighted by molar-refractivity contribution is -0.117. The predicted octanol–water partition coefficient (Wildman–Crippen LogP) is 6.54. The zero-order valence-electron chi connectivity index (χ0n) is 16.2. The van der Waals surface area contributed by atoms with Crippen LogP contribution in [0.4, 0.5) is 0 Å². The summed E-state index contributed by atoms with van der Waals surface area (Å²) >= 11 is 12.1. The number of rotatable bonds is 7. The summed E-state index contributed by atoms with van der Waals surface area (Å²) in [5, 5.41) is 4.52. The van der Waals surface area contributed by atoms with Crippen molar-refractivity contribution in [1.82, 2.24) is 5.32 Å². The first-order chi connectivity index (χ1) is 14.0. The summed E-state index contributed by atoms with van der Waals surface area (Å²) in [6.07, 6.45) is 4.17. The summed E-state index contributed by atoms with van der Waals surface area (Å²) in [6.45, 7) is 2.03. The molecule has 1 amide bonds. The molecule has 0 bridgehead atoms. The van der Waals surface area contributed by atoms with Crippen LogP contribution in [0, 0.1) is 0 Å². The second-order valence-corrected chi connectivity index (χ2v) is 7.90. The number of hydrogen-bond acceptors (Lipinski definition) is 1. The Labute approximate surface area is 182 Å². The van der Waals surface area contributed by atoms with Crippen molar-refractivity contribution >= 4 is 35.2 Å². The van der Waals surface area contributed by atoms with Crippen LogP contribution in [-0.4, -0.2) is 11.9 Å². The fourth-order valence-electron chi connectivity index (χ4n) is 3.28. The highest BCUT2D eigenvalue weighted by Gasteiger charge is 2.21. The van der Waals surface area contributed by atoms with Gasteiger partial charge in [-0.15, -0.1) is 0 Å². The maximum absolute atomic E-state index is 12.5. The van der Waals surface area contributed by atoms with Crippen molar-refractivity contribution in [1.29, 1.82) is 0 Å². The van der Waals surface area contributed by atoms with Gasteiger partial charge in [-0.25, -0.2) is 0 Å². The Kier molecular flexibility index (Phi) is 7.51. The van der Waals surface area contributed by atoms with Gasteiger partial charge in [-0.1, -0.05) is 77.8 Å². The number of hydrogen-bond donors (Lipinski definition) is 1. The van der Waals surface area contributed by atoms with Crippen LogP contribution in [0.25, 0.3) is 6.08 Å². The van der Waals surface area contributed by atoms with E-state index in [0.29, 0.717) is 10.0 Å². The van der Waals surface area contributed by atoms with E-state index in [1.165, 1.54) is 0 Å². The Morgan fingerprint density at radius 2 is 1.48 bits per heavy atom. The number of carbonyl (C=O) groups excluding carboxylic acids is 1. The molecule has 0 aliphatic carbocycles. The van der Waals surface area contributed by atoms with E-state index in [1.54, 1.807) is 6.08 Å². The molecule has 3 aromatic rings. The first-order valence-corrected chi connectivity index (χ1v) is 10.3. The maximum Gasteiger partial charge on any atom is 0.244 e. The Morgan fingerprint density at radius 1 is 0.897 bits per heavy atom. The summed E-state index contributed by atoms with van der Waals surface area (Å²) in [5.41, 5.74) is 3.28. The van der Waals surface area contributed by atoms with Gasteiger partial charge < -0.3 is 5.32 Å². The average Bonchev–Trinajstić information content (AvgIpc) is 2.73. The van der Waals surface area contributed by atoms with Crippen LogP contribution in [-0.2, 0) is 11.2 Å². The SMILES string of the molecule is CC(NC(=O)/C=C/c1ccccc1)C(Cc1ccc(Cl)cc1)c1ccc(Cl)cc1. The number of nitrogens with one attached hydrogen (secondary N) is 1. The molecular weight excluding hydrogens is 401 g/mol. The van der Waals surface area contributed by atoms with Crippen molar-refractivity contribution in [2.75, 3.05) is 0 Å². The van der Waals surface area contributed by atoms with Gasteiger partial charge in [0.05, 0.1) is 0 Å². The van der Waals surface area contributed by atoms with Gasteiger partial charge in [0.2, 0.25) is 5.91 Å². The van der Waals surface area contributed by atoms with Crippen molar-refractivity contribution in [2.45, 2.75) is 25.3 Å². The quantitative estimate of drug-likeness (QED) is 0.429. The molecular formula is C25H23Cl2NO. The third kappa shape index (κ3) is 6.49. The molecule has 4 heteroatoms. The Morgan fingerprint density at radius 3 is 2.10 bits per heavy atom. The van der Waals surface area contributed by atoms with Crippen LogP contribution in [0.3, 0.4) is 0 Å². The number of carbonyl (C=O) groups is 1. The van der Waals surface area contributed by atoms with E-state index in [1.807, 2.05) is 91.9 Å². The smallest absolute Gasteiger partial charge is 0.244 e. The number of benzene rings is 3. The third-order valence-corrected chi connectivity index (χ3v) is 5.37. The lowest BCUT2D eigenvalue weighted by atomic mass is 9.86. The molecule has 148 valence electrons. The molecule has 2 unspecified atom stereocenters. The summed E-state index contributed by atoms with van der Waals surface area (Å²) in [7, 11) is 0. The number of halogens is 2. The molecule has 2 atom stereocenters. The Balaban J connectivity index is 1.75. The molecule has 0 saturated carbocycles. The second-order valence-electron chi connectivity index (χ2n) is 7.03. The normalized spacial score (nSPS) is 13.2. The zero-order chi connectivity index (χ0) is 20.6. The van der Waals surface area contributed by atoms with Gasteiger partial charge in [-0.3, -0.25) is 4.79 Å². The maximum atomic E-state index is 12.5. The molecule has 2 nitrogen and oxygen atoms in total. The highest BCUT2D eigenvalue weighted by molar-refractivity contribution is 6.30. The van der Waals surface area contributed by atoms with Crippen LogP contribution in [0.1, 0.15) is 29.5 Å². The number of amides is 1. The zero-order valence-corrected chi connectivity index (χ0v) is 17.7. The first-order valence-electron chi connectivity index (χ1n) is 9.55. The lowest BCUT2D eigenvalue weighted by Gasteiger charge is -2.25. The molecule has 0 aliphatic rings. The summed E-state index contributed by atoms with van der Waals surface area (Å²) in [6, 6.07) is 25.3.